The molecule has 1 fully saturated rings. The van der Waals surface area contributed by atoms with Crippen LogP contribution in [0.25, 0.3) is 6.08 Å². The van der Waals surface area contributed by atoms with E-state index in [1.165, 1.54) is 10.5 Å². The fourth-order valence-electron chi connectivity index (χ4n) is 3.07. The molecule has 0 bridgehead atoms. The Bertz CT molecular complexity index is 1120. The van der Waals surface area contributed by atoms with Gasteiger partial charge in [0, 0.05) is 5.02 Å². The van der Waals surface area contributed by atoms with Crippen molar-refractivity contribution in [3.8, 4) is 5.75 Å². The first-order chi connectivity index (χ1) is 15.0. The first-order valence-corrected chi connectivity index (χ1v) is 11.0. The van der Waals surface area contributed by atoms with Gasteiger partial charge in [-0.25, -0.2) is 0 Å². The van der Waals surface area contributed by atoms with Crippen molar-refractivity contribution in [3.63, 3.8) is 0 Å². The van der Waals surface area contributed by atoms with Crippen LogP contribution in [0.5, 0.6) is 5.75 Å². The van der Waals surface area contributed by atoms with Crippen molar-refractivity contribution in [3.05, 3.63) is 105 Å². The van der Waals surface area contributed by atoms with Crippen molar-refractivity contribution in [2.45, 2.75) is 20.1 Å². The van der Waals surface area contributed by atoms with Crippen LogP contribution >= 0.6 is 23.4 Å². The normalized spacial score (nSPS) is 15.0. The zero-order valence-corrected chi connectivity index (χ0v) is 18.5. The predicted octanol–water partition coefficient (Wildman–Crippen LogP) is 6.46. The molecule has 0 aromatic heterocycles. The molecule has 156 valence electrons. The van der Waals surface area contributed by atoms with E-state index in [4.69, 9.17) is 16.3 Å². The highest BCUT2D eigenvalue weighted by Gasteiger charge is 2.34. The Balaban J connectivity index is 1.39. The van der Waals surface area contributed by atoms with Crippen LogP contribution in [0.2, 0.25) is 5.02 Å². The molecule has 0 N–H and O–H groups in total. The monoisotopic (exact) mass is 449 g/mol. The van der Waals surface area contributed by atoms with Gasteiger partial charge in [-0.1, -0.05) is 65.7 Å². The first-order valence-electron chi connectivity index (χ1n) is 9.76. The average molecular weight is 450 g/mol. The number of ether oxygens (including phenoxy) is 1. The minimum absolute atomic E-state index is 0.227. The largest absolute Gasteiger partial charge is 0.489 e. The van der Waals surface area contributed by atoms with Crippen molar-refractivity contribution in [2.75, 3.05) is 0 Å². The quantitative estimate of drug-likeness (QED) is 0.405. The van der Waals surface area contributed by atoms with Gasteiger partial charge < -0.3 is 4.74 Å². The smallest absolute Gasteiger partial charge is 0.293 e. The molecule has 6 heteroatoms. The summed E-state index contributed by atoms with van der Waals surface area (Å²) in [5.74, 6) is 0.457. The molecule has 1 aliphatic heterocycles. The molecule has 0 atom stereocenters. The van der Waals surface area contributed by atoms with E-state index >= 15 is 0 Å². The number of halogens is 1. The number of imide groups is 1. The van der Waals surface area contributed by atoms with E-state index in [2.05, 4.69) is 19.1 Å². The molecule has 4 rings (SSSR count). The summed E-state index contributed by atoms with van der Waals surface area (Å²) in [4.78, 5) is 26.7. The number of rotatable bonds is 6. The molecular weight excluding hydrogens is 430 g/mol. The van der Waals surface area contributed by atoms with Crippen LogP contribution in [0.4, 0.5) is 4.79 Å². The molecule has 3 aromatic rings. The van der Waals surface area contributed by atoms with E-state index in [1.807, 2.05) is 48.5 Å². The maximum Gasteiger partial charge on any atom is 0.293 e. The lowest BCUT2D eigenvalue weighted by Crippen LogP contribution is -2.27. The van der Waals surface area contributed by atoms with Gasteiger partial charge >= 0.3 is 0 Å². The third kappa shape index (κ3) is 5.37. The summed E-state index contributed by atoms with van der Waals surface area (Å²) in [6.45, 7) is 2.77. The molecule has 0 aliphatic carbocycles. The molecule has 1 heterocycles. The van der Waals surface area contributed by atoms with Crippen molar-refractivity contribution in [1.82, 2.24) is 4.90 Å². The first kappa shape index (κ1) is 21.2. The average Bonchev–Trinajstić information content (AvgIpc) is 3.03. The molecular formula is C25H20ClNO3S. The van der Waals surface area contributed by atoms with Crippen molar-refractivity contribution in [1.29, 1.82) is 0 Å². The van der Waals surface area contributed by atoms with Crippen LogP contribution in [-0.2, 0) is 17.9 Å². The highest BCUT2D eigenvalue weighted by molar-refractivity contribution is 8.18. The maximum absolute atomic E-state index is 12.7. The lowest BCUT2D eigenvalue weighted by molar-refractivity contribution is -0.123. The van der Waals surface area contributed by atoms with Gasteiger partial charge in [0.15, 0.2) is 0 Å². The van der Waals surface area contributed by atoms with E-state index in [1.54, 1.807) is 18.2 Å². The minimum atomic E-state index is -0.287. The fraction of sp³-hybridized carbons (Fsp3) is 0.120. The Morgan fingerprint density at radius 3 is 2.23 bits per heavy atom. The molecule has 0 radical (unpaired) electrons. The van der Waals surface area contributed by atoms with Gasteiger partial charge in [0.25, 0.3) is 11.1 Å². The van der Waals surface area contributed by atoms with E-state index in [0.717, 1.165) is 34.2 Å². The number of benzene rings is 3. The Morgan fingerprint density at radius 2 is 1.55 bits per heavy atom. The Kier molecular flexibility index (Phi) is 6.44. The van der Waals surface area contributed by atoms with Gasteiger partial charge in [-0.05, 0) is 65.7 Å². The predicted molar refractivity (Wildman–Crippen MR) is 125 cm³/mol. The SMILES string of the molecule is Cc1ccc(COc2ccc(/C=C3\SC(=O)N(Cc4ccc(Cl)cc4)C3=O)cc2)cc1. The zero-order valence-electron chi connectivity index (χ0n) is 16.9. The Labute approximate surface area is 190 Å². The molecule has 0 saturated carbocycles. The number of aryl methyl sites for hydroxylation is 1. The van der Waals surface area contributed by atoms with Gasteiger partial charge in [-0.15, -0.1) is 0 Å². The van der Waals surface area contributed by atoms with Crippen LogP contribution in [0.1, 0.15) is 22.3 Å². The van der Waals surface area contributed by atoms with E-state index in [0.29, 0.717) is 16.5 Å². The second-order valence-electron chi connectivity index (χ2n) is 7.24. The van der Waals surface area contributed by atoms with Crippen molar-refractivity contribution in [2.24, 2.45) is 0 Å². The zero-order chi connectivity index (χ0) is 21.8. The number of carbonyl (C=O) groups excluding carboxylic acids is 2. The number of hydrogen-bond acceptors (Lipinski definition) is 4. The summed E-state index contributed by atoms with van der Waals surface area (Å²) in [5, 5.41) is 0.341. The molecule has 0 unspecified atom stereocenters. The summed E-state index contributed by atoms with van der Waals surface area (Å²) < 4.78 is 5.82. The van der Waals surface area contributed by atoms with Crippen molar-refractivity contribution >= 4 is 40.6 Å². The summed E-state index contributed by atoms with van der Waals surface area (Å²) in [7, 11) is 0. The summed E-state index contributed by atoms with van der Waals surface area (Å²) in [5.41, 5.74) is 4.00. The van der Waals surface area contributed by atoms with Gasteiger partial charge in [0.2, 0.25) is 0 Å². The second kappa shape index (κ2) is 9.41. The highest BCUT2D eigenvalue weighted by atomic mass is 35.5. The minimum Gasteiger partial charge on any atom is -0.489 e. The number of thioether (sulfide) groups is 1. The molecule has 4 nitrogen and oxygen atoms in total. The van der Waals surface area contributed by atoms with Gasteiger partial charge in [-0.2, -0.15) is 0 Å². The second-order valence-corrected chi connectivity index (χ2v) is 8.67. The van der Waals surface area contributed by atoms with E-state index in [-0.39, 0.29) is 17.7 Å². The molecule has 31 heavy (non-hydrogen) atoms. The van der Waals surface area contributed by atoms with Crippen LogP contribution in [0.3, 0.4) is 0 Å². The lowest BCUT2D eigenvalue weighted by Gasteiger charge is -2.12. The molecule has 1 saturated heterocycles. The maximum atomic E-state index is 12.7. The van der Waals surface area contributed by atoms with Gasteiger partial charge in [-0.3, -0.25) is 14.5 Å². The van der Waals surface area contributed by atoms with Crippen molar-refractivity contribution < 1.29 is 14.3 Å². The highest BCUT2D eigenvalue weighted by Crippen LogP contribution is 2.33. The molecule has 0 spiro atoms. The molecule has 2 amide bonds. The standard InChI is InChI=1S/C25H20ClNO3S/c1-17-2-4-20(5-3-17)16-30-22-12-8-18(9-13-22)14-23-24(28)27(25(29)31-23)15-19-6-10-21(26)11-7-19/h2-14H,15-16H2,1H3/b23-14-. The van der Waals surface area contributed by atoms with Crippen LogP contribution in [0, 0.1) is 6.92 Å². The Hall–Kier alpha value is -3.02. The van der Waals surface area contributed by atoms with Gasteiger partial charge in [0.05, 0.1) is 11.4 Å². The van der Waals surface area contributed by atoms with E-state index in [9.17, 15) is 9.59 Å². The fourth-order valence-corrected chi connectivity index (χ4v) is 4.04. The molecule has 1 aliphatic rings. The van der Waals surface area contributed by atoms with Gasteiger partial charge in [0.1, 0.15) is 12.4 Å². The van der Waals surface area contributed by atoms with E-state index < -0.39 is 0 Å². The number of hydrogen-bond donors (Lipinski definition) is 0. The van der Waals surface area contributed by atoms with Crippen LogP contribution in [-0.4, -0.2) is 16.0 Å². The molecule has 3 aromatic carbocycles. The Morgan fingerprint density at radius 1 is 0.903 bits per heavy atom. The number of nitrogens with zero attached hydrogens (tertiary/aromatic N) is 1. The summed E-state index contributed by atoms with van der Waals surface area (Å²) >= 11 is 6.85. The lowest BCUT2D eigenvalue weighted by atomic mass is 10.1. The summed E-state index contributed by atoms with van der Waals surface area (Å²) in [6, 6.07) is 22.8. The number of amides is 2. The third-order valence-electron chi connectivity index (χ3n) is 4.83. The topological polar surface area (TPSA) is 46.6 Å². The number of carbonyl (C=O) groups is 2. The third-order valence-corrected chi connectivity index (χ3v) is 5.99. The van der Waals surface area contributed by atoms with Crippen LogP contribution in [0.15, 0.2) is 77.7 Å². The summed E-state index contributed by atoms with van der Waals surface area (Å²) in [6.07, 6.45) is 1.73. The van der Waals surface area contributed by atoms with Crippen LogP contribution < -0.4 is 4.74 Å².